The Morgan fingerprint density at radius 2 is 1.49 bits per heavy atom. The quantitative estimate of drug-likeness (QED) is 0.0659. The van der Waals surface area contributed by atoms with Gasteiger partial charge in [0.2, 0.25) is 0 Å². The molecule has 0 atom stereocenters. The molecular formula is C35H39ClO7. The Labute approximate surface area is 258 Å². The zero-order valence-corrected chi connectivity index (χ0v) is 25.6. The fraction of sp³-hybridized carbons (Fsp3) is 0.343. The van der Waals surface area contributed by atoms with Gasteiger partial charge >= 0.3 is 17.9 Å². The van der Waals surface area contributed by atoms with Gasteiger partial charge in [-0.15, -0.1) is 0 Å². The summed E-state index contributed by atoms with van der Waals surface area (Å²) in [6.45, 7) is 8.13. The maximum Gasteiger partial charge on any atom is 0.345 e. The van der Waals surface area contributed by atoms with Crippen LogP contribution in [0.15, 0.2) is 73.3 Å². The maximum atomic E-state index is 12.8. The van der Waals surface area contributed by atoms with Crippen molar-refractivity contribution in [1.82, 2.24) is 0 Å². The van der Waals surface area contributed by atoms with Gasteiger partial charge in [-0.1, -0.05) is 62.9 Å². The highest BCUT2D eigenvalue weighted by molar-refractivity contribution is 6.33. The molecule has 0 aliphatic carbocycles. The molecule has 7 nitrogen and oxygen atoms in total. The zero-order valence-electron chi connectivity index (χ0n) is 24.9. The van der Waals surface area contributed by atoms with Crippen LogP contribution in [0.3, 0.4) is 0 Å². The molecule has 0 bridgehead atoms. The summed E-state index contributed by atoms with van der Waals surface area (Å²) in [6.07, 6.45) is 9.60. The normalized spacial score (nSPS) is 10.6. The number of ether oxygens (including phenoxy) is 4. The number of benzene rings is 3. The van der Waals surface area contributed by atoms with E-state index in [1.807, 2.05) is 19.1 Å². The Bertz CT molecular complexity index is 1380. The molecule has 3 aromatic carbocycles. The van der Waals surface area contributed by atoms with Gasteiger partial charge in [0.1, 0.15) is 17.2 Å². The Balaban J connectivity index is 1.48. The summed E-state index contributed by atoms with van der Waals surface area (Å²) in [5, 5.41) is 0.109. The van der Waals surface area contributed by atoms with E-state index in [4.69, 9.17) is 30.5 Å². The van der Waals surface area contributed by atoms with Crippen molar-refractivity contribution in [2.24, 2.45) is 0 Å². The fourth-order valence-corrected chi connectivity index (χ4v) is 4.51. The van der Waals surface area contributed by atoms with Crippen LogP contribution in [0.1, 0.15) is 83.7 Å². The van der Waals surface area contributed by atoms with Crippen molar-refractivity contribution in [2.75, 3.05) is 13.2 Å². The van der Waals surface area contributed by atoms with Crippen LogP contribution in [0, 0.1) is 6.92 Å². The van der Waals surface area contributed by atoms with E-state index in [-0.39, 0.29) is 16.3 Å². The smallest absolute Gasteiger partial charge is 0.345 e. The Hall–Kier alpha value is -4.10. The van der Waals surface area contributed by atoms with Crippen molar-refractivity contribution in [3.05, 3.63) is 101 Å². The van der Waals surface area contributed by atoms with E-state index in [2.05, 4.69) is 13.5 Å². The van der Waals surface area contributed by atoms with E-state index >= 15 is 0 Å². The highest BCUT2D eigenvalue weighted by Gasteiger charge is 2.16. The topological polar surface area (TPSA) is 88.1 Å². The number of aryl methyl sites for hydroxylation is 2. The average Bonchev–Trinajstić information content (AvgIpc) is 3.00. The molecule has 8 heteroatoms. The standard InChI is InChI=1S/C35H39ClO7/c1-4-6-7-8-9-12-26-13-16-28(17-14-26)42-35(39)30-19-18-29(24-31(30)36)43-34(38)27-15-20-32(25(3)23-27)40-21-10-11-22-41-33(37)5-2/h5,13-20,23-24H,2,4,6-12,21-22H2,1,3H3. The van der Waals surface area contributed by atoms with Gasteiger partial charge in [0.25, 0.3) is 0 Å². The predicted octanol–water partition coefficient (Wildman–Crippen LogP) is 8.49. The van der Waals surface area contributed by atoms with Crippen LogP contribution >= 0.6 is 11.6 Å². The summed E-state index contributed by atoms with van der Waals surface area (Å²) < 4.78 is 21.7. The van der Waals surface area contributed by atoms with Crippen LogP contribution < -0.4 is 14.2 Å². The average molecular weight is 607 g/mol. The lowest BCUT2D eigenvalue weighted by atomic mass is 10.1. The first kappa shape index (κ1) is 33.4. The second-order valence-corrected chi connectivity index (χ2v) is 10.5. The third-order valence-corrected chi connectivity index (χ3v) is 7.00. The largest absolute Gasteiger partial charge is 0.493 e. The number of rotatable bonds is 17. The molecule has 3 aromatic rings. The molecule has 0 amide bonds. The summed E-state index contributed by atoms with van der Waals surface area (Å²) in [7, 11) is 0. The summed E-state index contributed by atoms with van der Waals surface area (Å²) >= 11 is 6.35. The lowest BCUT2D eigenvalue weighted by Gasteiger charge is -2.11. The monoisotopic (exact) mass is 606 g/mol. The van der Waals surface area contributed by atoms with E-state index in [1.54, 1.807) is 30.3 Å². The minimum atomic E-state index is -0.598. The van der Waals surface area contributed by atoms with Gasteiger partial charge in [0.15, 0.2) is 0 Å². The minimum Gasteiger partial charge on any atom is -0.493 e. The van der Waals surface area contributed by atoms with E-state index in [1.165, 1.54) is 49.4 Å². The van der Waals surface area contributed by atoms with Gasteiger partial charge in [-0.05, 0) is 86.2 Å². The first-order valence-electron chi connectivity index (χ1n) is 14.7. The van der Waals surface area contributed by atoms with Crippen LogP contribution in [-0.2, 0) is 16.0 Å². The van der Waals surface area contributed by atoms with E-state index in [0.29, 0.717) is 43.1 Å². The molecule has 0 radical (unpaired) electrons. The maximum absolute atomic E-state index is 12.8. The number of esters is 3. The summed E-state index contributed by atoms with van der Waals surface area (Å²) in [4.78, 5) is 36.5. The van der Waals surface area contributed by atoms with Gasteiger partial charge in [-0.25, -0.2) is 14.4 Å². The van der Waals surface area contributed by atoms with Crippen LogP contribution in [0.4, 0.5) is 0 Å². The Morgan fingerprint density at radius 3 is 2.19 bits per heavy atom. The minimum absolute atomic E-state index is 0.109. The highest BCUT2D eigenvalue weighted by Crippen LogP contribution is 2.26. The van der Waals surface area contributed by atoms with Crippen molar-refractivity contribution >= 4 is 29.5 Å². The molecule has 0 saturated carbocycles. The van der Waals surface area contributed by atoms with E-state index in [9.17, 15) is 14.4 Å². The third kappa shape index (κ3) is 11.2. The van der Waals surface area contributed by atoms with Gasteiger partial charge in [0, 0.05) is 12.1 Å². The Morgan fingerprint density at radius 1 is 0.791 bits per heavy atom. The fourth-order valence-electron chi connectivity index (χ4n) is 4.27. The molecule has 228 valence electrons. The Kier molecular flexibility index (Phi) is 13.8. The first-order chi connectivity index (χ1) is 20.8. The molecule has 0 saturated heterocycles. The molecular weight excluding hydrogens is 568 g/mol. The van der Waals surface area contributed by atoms with Gasteiger partial charge in [0.05, 0.1) is 29.4 Å². The van der Waals surface area contributed by atoms with Crippen molar-refractivity contribution in [2.45, 2.75) is 65.2 Å². The van der Waals surface area contributed by atoms with Crippen LogP contribution in [0.2, 0.25) is 5.02 Å². The van der Waals surface area contributed by atoms with Crippen molar-refractivity contribution in [1.29, 1.82) is 0 Å². The molecule has 0 fully saturated rings. The number of carbonyl (C=O) groups excluding carboxylic acids is 3. The molecule has 43 heavy (non-hydrogen) atoms. The molecule has 0 spiro atoms. The molecule has 0 unspecified atom stereocenters. The van der Waals surface area contributed by atoms with Gasteiger partial charge in [-0.2, -0.15) is 0 Å². The number of halogens is 1. The zero-order chi connectivity index (χ0) is 31.0. The van der Waals surface area contributed by atoms with Crippen molar-refractivity contribution in [3.63, 3.8) is 0 Å². The first-order valence-corrected chi connectivity index (χ1v) is 15.0. The molecule has 0 heterocycles. The molecule has 0 N–H and O–H groups in total. The predicted molar refractivity (Wildman–Crippen MR) is 167 cm³/mol. The van der Waals surface area contributed by atoms with Crippen LogP contribution in [0.25, 0.3) is 0 Å². The molecule has 3 rings (SSSR count). The van der Waals surface area contributed by atoms with Gasteiger partial charge in [-0.3, -0.25) is 0 Å². The van der Waals surface area contributed by atoms with Crippen molar-refractivity contribution in [3.8, 4) is 17.2 Å². The SMILES string of the molecule is C=CC(=O)OCCCCOc1ccc(C(=O)Oc2ccc(C(=O)Oc3ccc(CCCCCCC)cc3)c(Cl)c2)cc1C. The summed E-state index contributed by atoms with van der Waals surface area (Å²) in [5.74, 6) is -0.342. The lowest BCUT2D eigenvalue weighted by molar-refractivity contribution is -0.137. The molecule has 0 aliphatic heterocycles. The number of unbranched alkanes of at least 4 members (excludes halogenated alkanes) is 5. The van der Waals surface area contributed by atoms with Crippen LogP contribution in [-0.4, -0.2) is 31.1 Å². The van der Waals surface area contributed by atoms with Crippen molar-refractivity contribution < 1.29 is 33.3 Å². The summed E-state index contributed by atoms with van der Waals surface area (Å²) in [5.41, 5.74) is 2.48. The number of hydrogen-bond acceptors (Lipinski definition) is 7. The second kappa shape index (κ2) is 17.8. The van der Waals surface area contributed by atoms with Gasteiger partial charge < -0.3 is 18.9 Å². The van der Waals surface area contributed by atoms with Crippen LogP contribution in [0.5, 0.6) is 17.2 Å². The summed E-state index contributed by atoms with van der Waals surface area (Å²) in [6, 6.07) is 16.9. The second-order valence-electron chi connectivity index (χ2n) is 10.1. The lowest BCUT2D eigenvalue weighted by Crippen LogP contribution is -2.11. The molecule has 0 aliphatic rings. The van der Waals surface area contributed by atoms with E-state index < -0.39 is 17.9 Å². The number of carbonyl (C=O) groups is 3. The van der Waals surface area contributed by atoms with E-state index in [0.717, 1.165) is 24.5 Å². The number of hydrogen-bond donors (Lipinski definition) is 0. The molecule has 0 aromatic heterocycles. The highest BCUT2D eigenvalue weighted by atomic mass is 35.5. The third-order valence-electron chi connectivity index (χ3n) is 6.69.